The first-order valence-corrected chi connectivity index (χ1v) is 2.94. The molecule has 0 aliphatic heterocycles. The summed E-state index contributed by atoms with van der Waals surface area (Å²) in [5.74, 6) is 0. The van der Waals surface area contributed by atoms with Gasteiger partial charge in [-0.15, -0.1) is 0 Å². The second-order valence-corrected chi connectivity index (χ2v) is 1.96. The first-order chi connectivity index (χ1) is 3.27. The number of hydrogen-bond donors (Lipinski definition) is 1. The molecule has 0 fully saturated rings. The molecule has 0 aromatic rings. The van der Waals surface area contributed by atoms with E-state index < -0.39 is 0 Å². The lowest BCUT2D eigenvalue weighted by molar-refractivity contribution is 0.699. The Hall–Kier alpha value is -0.150. The average Bonchev–Trinajstić information content (AvgIpc) is 1.61. The first-order valence-electron chi connectivity index (χ1n) is 2.13. The lowest BCUT2D eigenvalue weighted by atomic mass is 10.4. The Labute approximate surface area is 47.0 Å². The molecule has 3 heteroatoms. The summed E-state index contributed by atoms with van der Waals surface area (Å²) < 4.78 is 9.63. The van der Waals surface area contributed by atoms with Crippen LogP contribution in [0.15, 0.2) is 0 Å². The van der Waals surface area contributed by atoms with Crippen LogP contribution in [0.4, 0.5) is 0 Å². The molecule has 0 bridgehead atoms. The molecule has 0 aliphatic carbocycles. The fourth-order valence-corrected chi connectivity index (χ4v) is 0.492. The second kappa shape index (κ2) is 4.02. The third-order valence-corrected chi connectivity index (χ3v) is 0.682. The Morgan fingerprint density at radius 1 is 1.71 bits per heavy atom. The molecule has 0 unspecified atom stereocenters. The van der Waals surface area contributed by atoms with Crippen molar-refractivity contribution in [3.8, 4) is 0 Å². The molecule has 7 heavy (non-hydrogen) atoms. The molecule has 0 aromatic heterocycles. The van der Waals surface area contributed by atoms with E-state index >= 15 is 0 Å². The molecule has 0 aliphatic rings. The number of hydrogen-bond acceptors (Lipinski definition) is 1. The topological polar surface area (TPSA) is 29.1 Å². The zero-order valence-corrected chi connectivity index (χ0v) is 5.29. The van der Waals surface area contributed by atoms with E-state index in [0.717, 1.165) is 0 Å². The van der Waals surface area contributed by atoms with Gasteiger partial charge in [0.1, 0.15) is 11.3 Å². The van der Waals surface area contributed by atoms with Gasteiger partial charge in [0.2, 0.25) is 0 Å². The van der Waals surface area contributed by atoms with Gasteiger partial charge in [-0.2, -0.15) is 0 Å². The maximum Gasteiger partial charge on any atom is 0.100 e. The summed E-state index contributed by atoms with van der Waals surface area (Å²) in [6.45, 7) is 3.96. The van der Waals surface area contributed by atoms with Gasteiger partial charge >= 0.3 is 0 Å². The van der Waals surface area contributed by atoms with Gasteiger partial charge in [-0.1, -0.05) is 0 Å². The minimum Gasteiger partial charge on any atom is -0.281 e. The Bertz CT molecular complexity index is 85.7. The smallest absolute Gasteiger partial charge is 0.100 e. The molecular weight excluding hydrogens is 110 g/mol. The normalized spacial score (nSPS) is 9.00. The van der Waals surface area contributed by atoms with Crippen molar-refractivity contribution in [3.63, 3.8) is 0 Å². The predicted molar refractivity (Wildman–Crippen MR) is 32.5 cm³/mol. The van der Waals surface area contributed by atoms with Crippen LogP contribution in [0.25, 0.3) is 0 Å². The van der Waals surface area contributed by atoms with E-state index in [1.54, 1.807) is 0 Å². The fourth-order valence-electron chi connectivity index (χ4n) is 0.164. The van der Waals surface area contributed by atoms with Crippen molar-refractivity contribution in [3.05, 3.63) is 0 Å². The van der Waals surface area contributed by atoms with Gasteiger partial charge in [0.15, 0.2) is 0 Å². The van der Waals surface area contributed by atoms with E-state index in [4.69, 9.17) is 0 Å². The Morgan fingerprint density at radius 2 is 2.29 bits per heavy atom. The highest BCUT2D eigenvalue weighted by Gasteiger charge is 1.81. The third-order valence-electron chi connectivity index (χ3n) is 0.449. The maximum absolute atomic E-state index is 9.63. The van der Waals surface area contributed by atoms with E-state index in [-0.39, 0.29) is 0 Å². The monoisotopic (exact) mass is 119 g/mol. The molecule has 0 radical (unpaired) electrons. The Balaban J connectivity index is 3.13. The zero-order valence-electron chi connectivity index (χ0n) is 4.47. The van der Waals surface area contributed by atoms with Crippen molar-refractivity contribution in [2.45, 2.75) is 19.9 Å². The van der Waals surface area contributed by atoms with Gasteiger partial charge in [0.25, 0.3) is 0 Å². The summed E-state index contributed by atoms with van der Waals surface area (Å²) >= 11 is 0.444. The minimum absolute atomic E-state index is 0.376. The van der Waals surface area contributed by atoms with Crippen molar-refractivity contribution < 1.29 is 4.21 Å². The van der Waals surface area contributed by atoms with Crippen LogP contribution in [0.1, 0.15) is 13.8 Å². The Morgan fingerprint density at radius 3 is 2.43 bits per heavy atom. The highest BCUT2D eigenvalue weighted by atomic mass is 32.1. The molecule has 0 spiro atoms. The predicted octanol–water partition coefficient (Wildman–Crippen LogP) is -0.0429. The van der Waals surface area contributed by atoms with Gasteiger partial charge in [0.05, 0.1) is 5.49 Å². The molecule has 0 amide bonds. The molecule has 2 nitrogen and oxygen atoms in total. The van der Waals surface area contributed by atoms with Crippen LogP contribution >= 0.6 is 0 Å². The number of rotatable bonds is 2. The summed E-state index contributed by atoms with van der Waals surface area (Å²) in [4.78, 5) is 0. The summed E-state index contributed by atoms with van der Waals surface area (Å²) in [5, 5.41) is 2.82. The van der Waals surface area contributed by atoms with Crippen LogP contribution in [0.2, 0.25) is 0 Å². The molecule has 0 rings (SSSR count). The van der Waals surface area contributed by atoms with Crippen LogP contribution in [0.3, 0.4) is 0 Å². The highest BCUT2D eigenvalue weighted by Crippen LogP contribution is 1.67. The van der Waals surface area contributed by atoms with Gasteiger partial charge < -0.3 is 0 Å². The van der Waals surface area contributed by atoms with E-state index in [0.29, 0.717) is 17.3 Å². The quantitative estimate of drug-likeness (QED) is 0.517. The van der Waals surface area contributed by atoms with Crippen molar-refractivity contribution in [1.29, 1.82) is 0 Å². The van der Waals surface area contributed by atoms with Crippen molar-refractivity contribution >= 4 is 16.7 Å². The maximum atomic E-state index is 9.63. The lowest BCUT2D eigenvalue weighted by Gasteiger charge is -1.95. The van der Waals surface area contributed by atoms with E-state index in [1.165, 1.54) is 5.49 Å². The summed E-state index contributed by atoms with van der Waals surface area (Å²) in [6, 6.07) is 0.376. The zero-order chi connectivity index (χ0) is 5.70. The van der Waals surface area contributed by atoms with Crippen molar-refractivity contribution in [2.24, 2.45) is 0 Å². The number of nitrogens with one attached hydrogen (secondary N) is 1. The van der Waals surface area contributed by atoms with Gasteiger partial charge in [-0.3, -0.25) is 5.32 Å². The minimum atomic E-state index is 0.376. The third kappa shape index (κ3) is 5.85. The lowest BCUT2D eigenvalue weighted by Crippen LogP contribution is -2.19. The average molecular weight is 119 g/mol. The van der Waals surface area contributed by atoms with E-state index in [2.05, 4.69) is 5.32 Å². The van der Waals surface area contributed by atoms with Crippen LogP contribution < -0.4 is 5.32 Å². The van der Waals surface area contributed by atoms with Crippen LogP contribution in [0, 0.1) is 0 Å². The summed E-state index contributed by atoms with van der Waals surface area (Å²) in [6.07, 6.45) is 0. The summed E-state index contributed by atoms with van der Waals surface area (Å²) in [7, 11) is 0. The van der Waals surface area contributed by atoms with E-state index in [1.807, 2.05) is 13.8 Å². The molecule has 0 heterocycles. The SMILES string of the molecule is CC(C)NC=S=O. The Kier molecular flexibility index (Phi) is 3.93. The van der Waals surface area contributed by atoms with Crippen LogP contribution in [-0.4, -0.2) is 15.7 Å². The fraction of sp³-hybridized carbons (Fsp3) is 0.750. The van der Waals surface area contributed by atoms with Gasteiger partial charge in [-0.05, 0) is 13.8 Å². The van der Waals surface area contributed by atoms with Crippen LogP contribution in [0.5, 0.6) is 0 Å². The van der Waals surface area contributed by atoms with Gasteiger partial charge in [-0.25, -0.2) is 4.21 Å². The van der Waals surface area contributed by atoms with Crippen LogP contribution in [-0.2, 0) is 11.3 Å². The second-order valence-electron chi connectivity index (χ2n) is 1.54. The van der Waals surface area contributed by atoms with E-state index in [9.17, 15) is 4.21 Å². The molecule has 0 atom stereocenters. The molecule has 42 valence electrons. The molecular formula is C4H9NOS. The van der Waals surface area contributed by atoms with Gasteiger partial charge in [0, 0.05) is 6.04 Å². The summed E-state index contributed by atoms with van der Waals surface area (Å²) in [5.41, 5.74) is 1.44. The molecule has 0 saturated heterocycles. The standard InChI is InChI=1S/C4H9NOS/c1-4(2)5-3-7-6/h3-5H,1-2H3. The molecule has 1 N–H and O–H groups in total. The highest BCUT2D eigenvalue weighted by molar-refractivity contribution is 7.64. The van der Waals surface area contributed by atoms with Crippen molar-refractivity contribution in [1.82, 2.24) is 5.32 Å². The largest absolute Gasteiger partial charge is 0.281 e. The molecule has 0 saturated carbocycles. The molecule has 0 aromatic carbocycles. The van der Waals surface area contributed by atoms with Crippen molar-refractivity contribution in [2.75, 3.05) is 0 Å². The first kappa shape index (κ1) is 6.85.